The summed E-state index contributed by atoms with van der Waals surface area (Å²) in [5.41, 5.74) is 2.73. The largest absolute Gasteiger partial charge is 0.338 e. The van der Waals surface area contributed by atoms with E-state index < -0.39 is 5.82 Å². The van der Waals surface area contributed by atoms with Crippen LogP contribution in [-0.4, -0.2) is 23.9 Å². The van der Waals surface area contributed by atoms with E-state index in [9.17, 15) is 9.18 Å². The Morgan fingerprint density at radius 2 is 2.00 bits per heavy atom. The maximum Gasteiger partial charge on any atom is 0.256 e. The van der Waals surface area contributed by atoms with Crippen LogP contribution in [0, 0.1) is 17.7 Å². The molecule has 1 aliphatic heterocycles. The molecule has 0 spiro atoms. The lowest BCUT2D eigenvalue weighted by Crippen LogP contribution is -2.45. The number of nitrogen functional groups attached to an aromatic ring is 1. The highest BCUT2D eigenvalue weighted by Gasteiger charge is 2.33. The fraction of sp³-hybridized carbons (Fsp3) is 0.562. The van der Waals surface area contributed by atoms with Crippen LogP contribution >= 0.6 is 0 Å². The number of hydrazine groups is 1. The molecule has 3 N–H and O–H groups in total. The fourth-order valence-electron chi connectivity index (χ4n) is 3.80. The molecular weight excluding hydrogens is 269 g/mol. The van der Waals surface area contributed by atoms with Crippen LogP contribution in [0.2, 0.25) is 0 Å². The molecule has 2 aliphatic rings. The lowest BCUT2D eigenvalue weighted by Gasteiger charge is -2.41. The highest BCUT2D eigenvalue weighted by Crippen LogP contribution is 2.36. The number of para-hydroxylation sites is 1. The lowest BCUT2D eigenvalue weighted by atomic mass is 9.75. The first kappa shape index (κ1) is 14.3. The fourth-order valence-corrected chi connectivity index (χ4v) is 3.80. The Morgan fingerprint density at radius 1 is 1.24 bits per heavy atom. The maximum absolute atomic E-state index is 13.7. The first-order valence-corrected chi connectivity index (χ1v) is 7.75. The number of nitrogens with one attached hydrogen (secondary N) is 1. The number of halogens is 1. The van der Waals surface area contributed by atoms with Gasteiger partial charge in [-0.2, -0.15) is 0 Å². The molecule has 21 heavy (non-hydrogen) atoms. The van der Waals surface area contributed by atoms with Gasteiger partial charge in [-0.1, -0.05) is 25.3 Å². The Kier molecular flexibility index (Phi) is 4.10. The van der Waals surface area contributed by atoms with Crippen molar-refractivity contribution in [3.8, 4) is 0 Å². The Balaban J connectivity index is 1.78. The summed E-state index contributed by atoms with van der Waals surface area (Å²) in [4.78, 5) is 14.5. The minimum absolute atomic E-state index is 0.0910. The predicted molar refractivity (Wildman–Crippen MR) is 80.2 cm³/mol. The van der Waals surface area contributed by atoms with Crippen LogP contribution in [0.3, 0.4) is 0 Å². The number of nitrogens with zero attached hydrogens (tertiary/aromatic N) is 1. The van der Waals surface area contributed by atoms with E-state index in [-0.39, 0.29) is 11.6 Å². The van der Waals surface area contributed by atoms with E-state index in [1.807, 2.05) is 4.90 Å². The topological polar surface area (TPSA) is 58.4 Å². The number of nitrogens with two attached hydrogens (primary N) is 1. The third kappa shape index (κ3) is 2.75. The third-order valence-corrected chi connectivity index (χ3v) is 4.97. The number of benzene rings is 1. The molecule has 0 bridgehead atoms. The van der Waals surface area contributed by atoms with E-state index in [0.29, 0.717) is 11.5 Å². The van der Waals surface area contributed by atoms with Crippen molar-refractivity contribution in [3.63, 3.8) is 0 Å². The minimum atomic E-state index is -0.490. The smallest absolute Gasteiger partial charge is 0.256 e. The summed E-state index contributed by atoms with van der Waals surface area (Å²) in [5, 5.41) is 0. The molecule has 0 aromatic heterocycles. The molecule has 4 nitrogen and oxygen atoms in total. The zero-order chi connectivity index (χ0) is 14.8. The van der Waals surface area contributed by atoms with Crippen molar-refractivity contribution >= 4 is 11.6 Å². The molecule has 1 amide bonds. The number of rotatable bonds is 2. The highest BCUT2D eigenvalue weighted by molar-refractivity contribution is 5.99. The first-order chi connectivity index (χ1) is 10.2. The van der Waals surface area contributed by atoms with Gasteiger partial charge >= 0.3 is 0 Å². The first-order valence-electron chi connectivity index (χ1n) is 7.75. The van der Waals surface area contributed by atoms with Crippen LogP contribution in [0.4, 0.5) is 10.1 Å². The summed E-state index contributed by atoms with van der Waals surface area (Å²) >= 11 is 0. The van der Waals surface area contributed by atoms with Crippen LogP contribution in [0.25, 0.3) is 0 Å². The van der Waals surface area contributed by atoms with Crippen LogP contribution in [0.1, 0.15) is 42.5 Å². The molecule has 3 rings (SSSR count). The molecule has 1 aromatic carbocycles. The van der Waals surface area contributed by atoms with Crippen molar-refractivity contribution in [2.45, 2.75) is 32.1 Å². The second kappa shape index (κ2) is 6.02. The average molecular weight is 291 g/mol. The van der Waals surface area contributed by atoms with E-state index in [0.717, 1.165) is 25.4 Å². The van der Waals surface area contributed by atoms with E-state index in [4.69, 9.17) is 5.84 Å². The lowest BCUT2D eigenvalue weighted by molar-refractivity contribution is 0.0521. The van der Waals surface area contributed by atoms with E-state index in [2.05, 4.69) is 5.43 Å². The van der Waals surface area contributed by atoms with Crippen LogP contribution in [-0.2, 0) is 0 Å². The van der Waals surface area contributed by atoms with Gasteiger partial charge in [-0.05, 0) is 36.8 Å². The Labute approximate surface area is 124 Å². The summed E-state index contributed by atoms with van der Waals surface area (Å²) in [6, 6.07) is 4.49. The molecule has 1 aliphatic carbocycles. The second-order valence-corrected chi connectivity index (χ2v) is 6.15. The number of fused-ring (bicyclic) bond motifs is 1. The maximum atomic E-state index is 13.7. The van der Waals surface area contributed by atoms with Crippen LogP contribution < -0.4 is 11.3 Å². The molecule has 1 heterocycles. The average Bonchev–Trinajstić information content (AvgIpc) is 2.53. The number of carbonyl (C=O) groups excluding carboxylic acids is 1. The van der Waals surface area contributed by atoms with Gasteiger partial charge in [0, 0.05) is 13.1 Å². The van der Waals surface area contributed by atoms with Gasteiger partial charge in [0.25, 0.3) is 5.91 Å². The number of anilines is 1. The zero-order valence-electron chi connectivity index (χ0n) is 12.1. The SMILES string of the molecule is NNc1c(F)cccc1C(=O)N1CCC2CCCCC2C1. The van der Waals surface area contributed by atoms with Gasteiger partial charge in [-0.25, -0.2) is 4.39 Å². The summed E-state index contributed by atoms with van der Waals surface area (Å²) in [6.07, 6.45) is 6.15. The molecule has 5 heteroatoms. The van der Waals surface area contributed by atoms with Gasteiger partial charge in [0.15, 0.2) is 0 Å². The second-order valence-electron chi connectivity index (χ2n) is 6.15. The summed E-state index contributed by atoms with van der Waals surface area (Å²) < 4.78 is 13.7. The van der Waals surface area contributed by atoms with Crippen molar-refractivity contribution in [1.82, 2.24) is 4.90 Å². The van der Waals surface area contributed by atoms with Gasteiger partial charge in [0.1, 0.15) is 5.82 Å². The predicted octanol–water partition coefficient (Wildman–Crippen LogP) is 2.76. The number of amides is 1. The third-order valence-electron chi connectivity index (χ3n) is 4.97. The summed E-state index contributed by atoms with van der Waals surface area (Å²) in [5.74, 6) is 6.13. The molecule has 2 unspecified atom stereocenters. The monoisotopic (exact) mass is 291 g/mol. The van der Waals surface area contributed by atoms with E-state index in [1.165, 1.54) is 31.7 Å². The summed E-state index contributed by atoms with van der Waals surface area (Å²) in [7, 11) is 0. The summed E-state index contributed by atoms with van der Waals surface area (Å²) in [6.45, 7) is 1.56. The number of hydrogen-bond donors (Lipinski definition) is 2. The quantitative estimate of drug-likeness (QED) is 0.650. The Hall–Kier alpha value is -1.62. The molecule has 1 saturated heterocycles. The Morgan fingerprint density at radius 3 is 2.76 bits per heavy atom. The number of carbonyl (C=O) groups is 1. The molecule has 0 radical (unpaired) electrons. The van der Waals surface area contributed by atoms with Crippen LogP contribution in [0.15, 0.2) is 18.2 Å². The zero-order valence-corrected chi connectivity index (χ0v) is 12.1. The molecule has 1 saturated carbocycles. The molecule has 2 atom stereocenters. The van der Waals surface area contributed by atoms with Gasteiger partial charge < -0.3 is 10.3 Å². The van der Waals surface area contributed by atoms with Crippen molar-refractivity contribution in [1.29, 1.82) is 0 Å². The van der Waals surface area contributed by atoms with Crippen molar-refractivity contribution in [2.75, 3.05) is 18.5 Å². The molecule has 114 valence electrons. The number of piperidine rings is 1. The van der Waals surface area contributed by atoms with Crippen molar-refractivity contribution in [3.05, 3.63) is 29.6 Å². The van der Waals surface area contributed by atoms with Gasteiger partial charge in [-0.3, -0.25) is 10.6 Å². The van der Waals surface area contributed by atoms with Crippen molar-refractivity contribution < 1.29 is 9.18 Å². The van der Waals surface area contributed by atoms with Crippen LogP contribution in [0.5, 0.6) is 0 Å². The van der Waals surface area contributed by atoms with Crippen molar-refractivity contribution in [2.24, 2.45) is 17.7 Å². The van der Waals surface area contributed by atoms with Gasteiger partial charge in [0.2, 0.25) is 0 Å². The normalized spacial score (nSPS) is 25.3. The van der Waals surface area contributed by atoms with E-state index >= 15 is 0 Å². The minimum Gasteiger partial charge on any atom is -0.338 e. The van der Waals surface area contributed by atoms with Gasteiger partial charge in [0.05, 0.1) is 11.3 Å². The Bertz CT molecular complexity index is 534. The van der Waals surface area contributed by atoms with Gasteiger partial charge in [-0.15, -0.1) is 0 Å². The molecule has 1 aromatic rings. The number of likely N-dealkylation sites (tertiary alicyclic amines) is 1. The standard InChI is InChI=1S/C16H22FN3O/c17-14-7-3-6-13(15(14)19-18)16(21)20-9-8-11-4-1-2-5-12(11)10-20/h3,6-7,11-12,19H,1-2,4-5,8-10,18H2. The molecular formula is C16H22FN3O. The molecule has 2 fully saturated rings. The number of hydrogen-bond acceptors (Lipinski definition) is 3. The van der Waals surface area contributed by atoms with E-state index in [1.54, 1.807) is 12.1 Å². The highest BCUT2D eigenvalue weighted by atomic mass is 19.1.